The van der Waals surface area contributed by atoms with E-state index >= 15 is 0 Å². The van der Waals surface area contributed by atoms with Gasteiger partial charge in [0.25, 0.3) is 0 Å². The number of aromatic nitrogens is 2. The van der Waals surface area contributed by atoms with Gasteiger partial charge in [0.1, 0.15) is 10.7 Å². The zero-order chi connectivity index (χ0) is 23.1. The Morgan fingerprint density at radius 2 is 1.79 bits per heavy atom. The van der Waals surface area contributed by atoms with Crippen LogP contribution in [-0.2, 0) is 17.2 Å². The average Bonchev–Trinajstić information content (AvgIpc) is 3.47. The number of aliphatic hydroxyl groups is 1. The molecule has 180 valence electrons. The van der Waals surface area contributed by atoms with Crippen molar-refractivity contribution in [2.45, 2.75) is 72.5 Å². The molecule has 1 aromatic heterocycles. The first-order chi connectivity index (χ1) is 16.5. The summed E-state index contributed by atoms with van der Waals surface area (Å²) in [5.41, 5.74) is 2.03. The Labute approximate surface area is 208 Å². The topological polar surface area (TPSA) is 78.4 Å². The van der Waals surface area contributed by atoms with Crippen molar-refractivity contribution in [2.75, 3.05) is 29.9 Å². The van der Waals surface area contributed by atoms with Crippen molar-refractivity contribution in [1.82, 2.24) is 9.97 Å². The number of rotatable bonds is 5. The number of nitrogens with zero attached hydrogens (tertiary/aromatic N) is 3. The second kappa shape index (κ2) is 7.65. The van der Waals surface area contributed by atoms with Gasteiger partial charge in [0, 0.05) is 24.5 Å². The van der Waals surface area contributed by atoms with Crippen LogP contribution in [0.1, 0.15) is 62.1 Å². The zero-order valence-corrected chi connectivity index (χ0v) is 20.9. The van der Waals surface area contributed by atoms with Gasteiger partial charge < -0.3 is 15.3 Å². The van der Waals surface area contributed by atoms with Crippen LogP contribution in [0, 0.1) is 11.8 Å². The maximum absolute atomic E-state index is 13.4. The van der Waals surface area contributed by atoms with E-state index in [0.29, 0.717) is 23.6 Å². The van der Waals surface area contributed by atoms with Gasteiger partial charge in [0.05, 0.1) is 33.4 Å². The summed E-state index contributed by atoms with van der Waals surface area (Å²) in [6, 6.07) is 8.41. The number of piperidine rings is 1. The fraction of sp³-hybridized carbons (Fsp3) is 0.615. The fourth-order valence-electron chi connectivity index (χ4n) is 6.91. The average molecular weight is 499 g/mol. The molecule has 2 bridgehead atoms. The summed E-state index contributed by atoms with van der Waals surface area (Å²) >= 11 is 6.14. The second-order valence-corrected chi connectivity index (χ2v) is 13.5. The van der Waals surface area contributed by atoms with E-state index in [1.807, 2.05) is 12.1 Å². The molecule has 2 aliphatic heterocycles. The van der Waals surface area contributed by atoms with Crippen molar-refractivity contribution in [3.63, 3.8) is 0 Å². The third-order valence-corrected chi connectivity index (χ3v) is 11.6. The summed E-state index contributed by atoms with van der Waals surface area (Å²) in [7, 11) is -1.07. The molecule has 1 saturated heterocycles. The molecule has 0 amide bonds. The zero-order valence-electron chi connectivity index (χ0n) is 19.3. The Morgan fingerprint density at radius 1 is 1.09 bits per heavy atom. The van der Waals surface area contributed by atoms with Crippen molar-refractivity contribution in [3.05, 3.63) is 40.5 Å². The highest BCUT2D eigenvalue weighted by molar-refractivity contribution is 7.87. The molecule has 7 rings (SSSR count). The highest BCUT2D eigenvalue weighted by Gasteiger charge is 2.56. The number of halogens is 1. The molecule has 3 atom stereocenters. The van der Waals surface area contributed by atoms with Crippen LogP contribution >= 0.6 is 11.6 Å². The maximum Gasteiger partial charge on any atom is 0.227 e. The summed E-state index contributed by atoms with van der Waals surface area (Å²) in [4.78, 5) is 13.2. The Bertz CT molecular complexity index is 1140. The number of benzene rings is 1. The minimum atomic E-state index is -1.07. The molecule has 2 N–H and O–H groups in total. The normalized spacial score (nSPS) is 31.9. The van der Waals surface area contributed by atoms with Crippen LogP contribution in [0.15, 0.2) is 29.2 Å². The Balaban J connectivity index is 1.21. The van der Waals surface area contributed by atoms with Crippen molar-refractivity contribution in [1.29, 1.82) is 0 Å². The van der Waals surface area contributed by atoms with Gasteiger partial charge in [-0.05, 0) is 80.4 Å². The summed E-state index contributed by atoms with van der Waals surface area (Å²) < 4.78 is 13.3. The molecule has 34 heavy (non-hydrogen) atoms. The molecule has 6 nitrogen and oxygen atoms in total. The molecule has 0 radical (unpaired) electrons. The van der Waals surface area contributed by atoms with Crippen LogP contribution in [0.2, 0.25) is 5.02 Å². The first kappa shape index (κ1) is 21.6. The molecule has 2 aromatic rings. The molecule has 8 heteroatoms. The van der Waals surface area contributed by atoms with E-state index in [2.05, 4.69) is 22.3 Å². The number of anilines is 2. The molecule has 3 aliphatic carbocycles. The van der Waals surface area contributed by atoms with E-state index in [1.54, 1.807) is 0 Å². The second-order valence-electron chi connectivity index (χ2n) is 11.3. The lowest BCUT2D eigenvalue weighted by Gasteiger charge is -2.42. The van der Waals surface area contributed by atoms with E-state index in [-0.39, 0.29) is 16.9 Å². The van der Waals surface area contributed by atoms with Crippen LogP contribution in [0.4, 0.5) is 11.8 Å². The fourth-order valence-corrected chi connectivity index (χ4v) is 8.81. The van der Waals surface area contributed by atoms with Crippen LogP contribution < -0.4 is 10.2 Å². The smallest absolute Gasteiger partial charge is 0.227 e. The molecular formula is C26H31ClN4O2S. The summed E-state index contributed by atoms with van der Waals surface area (Å²) in [6.45, 7) is 1.97. The molecule has 3 saturated carbocycles. The number of aliphatic hydroxyl groups excluding tert-OH is 1. The van der Waals surface area contributed by atoms with Crippen molar-refractivity contribution in [3.8, 4) is 0 Å². The van der Waals surface area contributed by atoms with Crippen LogP contribution in [0.25, 0.3) is 0 Å². The van der Waals surface area contributed by atoms with Crippen molar-refractivity contribution < 1.29 is 9.32 Å². The van der Waals surface area contributed by atoms with Gasteiger partial charge in [-0.2, -0.15) is 4.98 Å². The van der Waals surface area contributed by atoms with E-state index < -0.39 is 10.8 Å². The van der Waals surface area contributed by atoms with E-state index in [0.717, 1.165) is 73.2 Å². The first-order valence-electron chi connectivity index (χ1n) is 12.7. The number of hydrogen-bond donors (Lipinski definition) is 2. The predicted molar refractivity (Wildman–Crippen MR) is 134 cm³/mol. The van der Waals surface area contributed by atoms with Gasteiger partial charge >= 0.3 is 0 Å². The van der Waals surface area contributed by atoms with Gasteiger partial charge in [0.2, 0.25) is 5.95 Å². The third kappa shape index (κ3) is 3.26. The minimum absolute atomic E-state index is 0.0789. The molecule has 2 unspecified atom stereocenters. The SMILES string of the molecule is O=[S@@]1c2c(nc(N3CC4CCC(C3)C4c3ccc(Cl)cc3)nc2NC2(CO)CCC2)CC12CC2. The summed E-state index contributed by atoms with van der Waals surface area (Å²) in [5.74, 6) is 3.20. The summed E-state index contributed by atoms with van der Waals surface area (Å²) in [6.07, 6.45) is 8.20. The monoisotopic (exact) mass is 498 g/mol. The Kier molecular flexibility index (Phi) is 4.85. The van der Waals surface area contributed by atoms with Gasteiger partial charge in [0.15, 0.2) is 0 Å². The molecule has 1 aromatic carbocycles. The highest BCUT2D eigenvalue weighted by atomic mass is 35.5. The van der Waals surface area contributed by atoms with Gasteiger partial charge in [-0.1, -0.05) is 23.7 Å². The van der Waals surface area contributed by atoms with Crippen LogP contribution in [0.3, 0.4) is 0 Å². The lowest BCUT2D eigenvalue weighted by Crippen LogP contribution is -2.49. The third-order valence-electron chi connectivity index (χ3n) is 9.17. The standard InChI is InChI=1S/C26H31ClN4O2S/c27-19-6-4-16(5-7-19)21-17-2-3-18(21)14-31(13-17)24-28-20-12-26(10-11-26)34(33)22(20)23(29-24)30-25(15-32)8-1-9-25/h4-7,17-18,21,32H,1-3,8-15H2,(H,28,29,30)/t17?,18?,21?,34-/m1/s1. The molecule has 5 aliphatic rings. The lowest BCUT2D eigenvalue weighted by atomic mass is 9.77. The van der Waals surface area contributed by atoms with Crippen molar-refractivity contribution >= 4 is 34.2 Å². The van der Waals surface area contributed by atoms with E-state index in [9.17, 15) is 9.32 Å². The predicted octanol–water partition coefficient (Wildman–Crippen LogP) is 4.28. The quantitative estimate of drug-likeness (QED) is 0.640. The highest BCUT2D eigenvalue weighted by Crippen LogP contribution is 2.55. The van der Waals surface area contributed by atoms with Gasteiger partial charge in [-0.25, -0.2) is 4.98 Å². The number of hydrogen-bond acceptors (Lipinski definition) is 6. The Hall–Kier alpha value is -1.70. The number of nitrogens with one attached hydrogen (secondary N) is 1. The Morgan fingerprint density at radius 3 is 2.38 bits per heavy atom. The molecule has 3 heterocycles. The number of fused-ring (bicyclic) bond motifs is 3. The molecule has 1 spiro atoms. The van der Waals surface area contributed by atoms with Gasteiger partial charge in [-0.3, -0.25) is 4.21 Å². The van der Waals surface area contributed by atoms with Crippen LogP contribution in [0.5, 0.6) is 0 Å². The van der Waals surface area contributed by atoms with Crippen LogP contribution in [-0.4, -0.2) is 49.3 Å². The van der Waals surface area contributed by atoms with E-state index in [4.69, 9.17) is 21.6 Å². The largest absolute Gasteiger partial charge is 0.394 e. The minimum Gasteiger partial charge on any atom is -0.394 e. The first-order valence-corrected chi connectivity index (χ1v) is 14.2. The lowest BCUT2D eigenvalue weighted by molar-refractivity contribution is 0.143. The summed E-state index contributed by atoms with van der Waals surface area (Å²) in [5, 5.41) is 14.4. The maximum atomic E-state index is 13.4. The molecule has 4 fully saturated rings. The van der Waals surface area contributed by atoms with Crippen molar-refractivity contribution in [2.24, 2.45) is 11.8 Å². The molecular weight excluding hydrogens is 468 g/mol. The van der Waals surface area contributed by atoms with Gasteiger partial charge in [-0.15, -0.1) is 0 Å². The van der Waals surface area contributed by atoms with E-state index in [1.165, 1.54) is 18.4 Å².